The van der Waals surface area contributed by atoms with Crippen LogP contribution in [0.2, 0.25) is 0 Å². The highest BCUT2D eigenvalue weighted by Crippen LogP contribution is 2.47. The number of ether oxygens (including phenoxy) is 3. The Morgan fingerprint density at radius 1 is 1.36 bits per heavy atom. The number of para-hydroxylation sites is 1. The molecule has 1 aliphatic rings. The van der Waals surface area contributed by atoms with Gasteiger partial charge in [0.15, 0.2) is 23.8 Å². The molecular weight excluding hydrogens is 338 g/mol. The van der Waals surface area contributed by atoms with Crippen molar-refractivity contribution in [1.82, 2.24) is 4.57 Å². The van der Waals surface area contributed by atoms with Gasteiger partial charge in [-0.2, -0.15) is 5.26 Å². The number of nitrogens with zero attached hydrogens (tertiary/aromatic N) is 2. The van der Waals surface area contributed by atoms with E-state index in [-0.39, 0.29) is 28.2 Å². The molecular formula is C16H10F2N2O5. The van der Waals surface area contributed by atoms with E-state index in [1.165, 1.54) is 35.2 Å². The van der Waals surface area contributed by atoms with Gasteiger partial charge in [0.25, 0.3) is 0 Å². The maximum atomic E-state index is 13.3. The van der Waals surface area contributed by atoms with Gasteiger partial charge in [-0.25, -0.2) is 4.79 Å². The third-order valence-corrected chi connectivity index (χ3v) is 3.58. The number of aromatic nitrogens is 1. The molecule has 0 saturated heterocycles. The fourth-order valence-electron chi connectivity index (χ4n) is 2.49. The monoisotopic (exact) mass is 348 g/mol. The molecule has 25 heavy (non-hydrogen) atoms. The van der Waals surface area contributed by atoms with Gasteiger partial charge < -0.3 is 23.6 Å². The average molecular weight is 348 g/mol. The lowest BCUT2D eigenvalue weighted by molar-refractivity contribution is -0.286. The lowest BCUT2D eigenvalue weighted by Crippen LogP contribution is -2.26. The summed E-state index contributed by atoms with van der Waals surface area (Å²) in [5, 5.41) is 9.31. The van der Waals surface area contributed by atoms with E-state index < -0.39 is 18.3 Å². The third-order valence-electron chi connectivity index (χ3n) is 3.58. The van der Waals surface area contributed by atoms with Crippen LogP contribution >= 0.6 is 0 Å². The SMILES string of the molecule is COC(=O)C(C=O)n1cc(C#N)c(-c2cccc3c2OC(F)(F)O3)c1. The minimum Gasteiger partial charge on any atom is -0.467 e. The summed E-state index contributed by atoms with van der Waals surface area (Å²) in [6.07, 6.45) is -0.909. The summed E-state index contributed by atoms with van der Waals surface area (Å²) in [4.78, 5) is 22.8. The van der Waals surface area contributed by atoms with Crippen molar-refractivity contribution in [2.24, 2.45) is 0 Å². The van der Waals surface area contributed by atoms with Gasteiger partial charge in [-0.15, -0.1) is 8.78 Å². The maximum absolute atomic E-state index is 13.3. The third kappa shape index (κ3) is 2.78. The molecule has 2 heterocycles. The van der Waals surface area contributed by atoms with E-state index in [9.17, 15) is 23.6 Å². The zero-order chi connectivity index (χ0) is 18.2. The predicted molar refractivity (Wildman–Crippen MR) is 77.9 cm³/mol. The van der Waals surface area contributed by atoms with Crippen LogP contribution in [-0.2, 0) is 14.3 Å². The molecule has 9 heteroatoms. The number of esters is 1. The molecule has 1 aromatic carbocycles. The van der Waals surface area contributed by atoms with E-state index >= 15 is 0 Å². The van der Waals surface area contributed by atoms with Crippen LogP contribution in [0.1, 0.15) is 11.6 Å². The summed E-state index contributed by atoms with van der Waals surface area (Å²) in [7, 11) is 1.12. The van der Waals surface area contributed by atoms with E-state index in [1.807, 2.05) is 6.07 Å². The van der Waals surface area contributed by atoms with Crippen LogP contribution < -0.4 is 9.47 Å². The molecule has 0 N–H and O–H groups in total. The number of halogens is 2. The smallest absolute Gasteiger partial charge is 0.467 e. The zero-order valence-electron chi connectivity index (χ0n) is 12.7. The fraction of sp³-hybridized carbons (Fsp3) is 0.188. The minimum absolute atomic E-state index is 0.0583. The Hall–Kier alpha value is -3.41. The first kappa shape index (κ1) is 16.4. The first-order valence-corrected chi connectivity index (χ1v) is 6.94. The van der Waals surface area contributed by atoms with Crippen molar-refractivity contribution >= 4 is 12.3 Å². The van der Waals surface area contributed by atoms with Crippen molar-refractivity contribution < 1.29 is 32.6 Å². The second-order valence-electron chi connectivity index (χ2n) is 5.05. The van der Waals surface area contributed by atoms with E-state index in [1.54, 1.807) is 0 Å². The van der Waals surface area contributed by atoms with Crippen molar-refractivity contribution in [2.75, 3.05) is 7.11 Å². The number of hydrogen-bond acceptors (Lipinski definition) is 6. The maximum Gasteiger partial charge on any atom is 0.586 e. The Morgan fingerprint density at radius 2 is 2.12 bits per heavy atom. The Balaban J connectivity index is 2.12. The molecule has 0 saturated carbocycles. The number of carbonyl (C=O) groups excluding carboxylic acids is 2. The zero-order valence-corrected chi connectivity index (χ0v) is 12.7. The summed E-state index contributed by atoms with van der Waals surface area (Å²) >= 11 is 0. The molecule has 1 atom stereocenters. The molecule has 0 aliphatic carbocycles. The summed E-state index contributed by atoms with van der Waals surface area (Å²) in [5.41, 5.74) is 0.430. The van der Waals surface area contributed by atoms with Crippen LogP contribution in [0.15, 0.2) is 30.6 Å². The van der Waals surface area contributed by atoms with E-state index in [4.69, 9.17) is 0 Å². The van der Waals surface area contributed by atoms with Gasteiger partial charge in [-0.3, -0.25) is 0 Å². The van der Waals surface area contributed by atoms with Crippen LogP contribution in [0.25, 0.3) is 11.1 Å². The van der Waals surface area contributed by atoms with Gasteiger partial charge >= 0.3 is 12.3 Å². The largest absolute Gasteiger partial charge is 0.586 e. The number of methoxy groups -OCH3 is 1. The second-order valence-corrected chi connectivity index (χ2v) is 5.05. The number of benzene rings is 1. The molecule has 2 aromatic rings. The normalized spacial score (nSPS) is 15.3. The van der Waals surface area contributed by atoms with Crippen molar-refractivity contribution in [3.05, 3.63) is 36.2 Å². The molecule has 1 aromatic heterocycles. The molecule has 1 unspecified atom stereocenters. The number of alkyl halides is 2. The molecule has 0 spiro atoms. The van der Waals surface area contributed by atoms with E-state index in [0.717, 1.165) is 7.11 Å². The number of fused-ring (bicyclic) bond motifs is 1. The van der Waals surface area contributed by atoms with Gasteiger partial charge in [0.2, 0.25) is 0 Å². The first-order chi connectivity index (χ1) is 11.9. The summed E-state index contributed by atoms with van der Waals surface area (Å²) in [5.74, 6) is -1.24. The molecule has 1 aliphatic heterocycles. The van der Waals surface area contributed by atoms with Crippen molar-refractivity contribution in [1.29, 1.82) is 5.26 Å². The highest BCUT2D eigenvalue weighted by atomic mass is 19.3. The second kappa shape index (κ2) is 5.90. The van der Waals surface area contributed by atoms with Crippen LogP contribution in [0.5, 0.6) is 11.5 Å². The Kier molecular flexibility index (Phi) is 3.88. The average Bonchev–Trinajstić information content (AvgIpc) is 3.13. The Bertz CT molecular complexity index is 900. The van der Waals surface area contributed by atoms with Gasteiger partial charge in [0.05, 0.1) is 12.7 Å². The Morgan fingerprint density at radius 3 is 2.76 bits per heavy atom. The number of rotatable bonds is 4. The van der Waals surface area contributed by atoms with Crippen molar-refractivity contribution in [2.45, 2.75) is 12.3 Å². The molecule has 128 valence electrons. The summed E-state index contributed by atoms with van der Waals surface area (Å²) in [6, 6.07) is 4.79. The molecule has 0 bridgehead atoms. The van der Waals surface area contributed by atoms with Crippen LogP contribution in [-0.4, -0.2) is 30.2 Å². The van der Waals surface area contributed by atoms with E-state index in [2.05, 4.69) is 14.2 Å². The van der Waals surface area contributed by atoms with Gasteiger partial charge in [0, 0.05) is 23.5 Å². The molecule has 0 amide bonds. The number of nitriles is 1. The molecule has 0 radical (unpaired) electrons. The lowest BCUT2D eigenvalue weighted by atomic mass is 10.0. The van der Waals surface area contributed by atoms with Crippen LogP contribution in [0.3, 0.4) is 0 Å². The fourth-order valence-corrected chi connectivity index (χ4v) is 2.49. The summed E-state index contributed by atoms with van der Waals surface area (Å²) in [6.45, 7) is 0. The highest BCUT2D eigenvalue weighted by molar-refractivity contribution is 5.90. The van der Waals surface area contributed by atoms with E-state index in [0.29, 0.717) is 6.29 Å². The molecule has 3 rings (SSSR count). The minimum atomic E-state index is -3.81. The number of aldehydes is 1. The Labute approximate surface area is 139 Å². The van der Waals surface area contributed by atoms with Crippen LogP contribution in [0, 0.1) is 11.3 Å². The molecule has 0 fully saturated rings. The van der Waals surface area contributed by atoms with Crippen molar-refractivity contribution in [3.8, 4) is 28.7 Å². The quantitative estimate of drug-likeness (QED) is 0.478. The molecule has 7 nitrogen and oxygen atoms in total. The van der Waals surface area contributed by atoms with Gasteiger partial charge in [-0.05, 0) is 6.07 Å². The summed E-state index contributed by atoms with van der Waals surface area (Å²) < 4.78 is 41.3. The highest BCUT2D eigenvalue weighted by Gasteiger charge is 2.44. The standard InChI is InChI=1S/C16H10F2N2O5/c1-23-15(22)12(8-21)20-6-9(5-19)11(7-20)10-3-2-4-13-14(10)25-16(17,18)24-13/h2-4,6-8,12H,1H3. The van der Waals surface area contributed by atoms with Gasteiger partial charge in [-0.1, -0.05) is 12.1 Å². The number of carbonyl (C=O) groups is 2. The predicted octanol–water partition coefficient (Wildman–Crippen LogP) is 2.26. The van der Waals surface area contributed by atoms with Crippen molar-refractivity contribution in [3.63, 3.8) is 0 Å². The van der Waals surface area contributed by atoms with Crippen LogP contribution in [0.4, 0.5) is 8.78 Å². The van der Waals surface area contributed by atoms with Gasteiger partial charge in [0.1, 0.15) is 6.07 Å². The topological polar surface area (TPSA) is 90.6 Å². The lowest BCUT2D eigenvalue weighted by Gasteiger charge is -2.09. The first-order valence-electron chi connectivity index (χ1n) is 6.94. The number of hydrogen-bond donors (Lipinski definition) is 0.